The van der Waals surface area contributed by atoms with Crippen LogP contribution >= 0.6 is 23.2 Å². The molecule has 2 aromatic rings. The van der Waals surface area contributed by atoms with Crippen molar-refractivity contribution in [1.82, 2.24) is 5.32 Å². The Morgan fingerprint density at radius 1 is 1.12 bits per heavy atom. The predicted molar refractivity (Wildman–Crippen MR) is 100 cm³/mol. The summed E-state index contributed by atoms with van der Waals surface area (Å²) in [5, 5.41) is 3.70. The highest BCUT2D eigenvalue weighted by atomic mass is 35.5. The first kappa shape index (κ1) is 20.2. The number of rotatable bonds is 7. The lowest BCUT2D eigenvalue weighted by atomic mass is 10.1. The van der Waals surface area contributed by atoms with Crippen molar-refractivity contribution in [2.45, 2.75) is 19.6 Å². The summed E-state index contributed by atoms with van der Waals surface area (Å²) in [6.07, 6.45) is 0. The van der Waals surface area contributed by atoms with E-state index in [2.05, 4.69) is 5.32 Å². The number of carbonyl (C=O) groups excluding carboxylic acids is 2. The lowest BCUT2D eigenvalue weighted by Crippen LogP contribution is -2.31. The van der Waals surface area contributed by atoms with Gasteiger partial charge in [0.25, 0.3) is 5.91 Å². The Morgan fingerprint density at radius 2 is 1.81 bits per heavy atom. The molecule has 2 rings (SSSR count). The van der Waals surface area contributed by atoms with Crippen LogP contribution in [0.25, 0.3) is 0 Å². The molecule has 0 aromatic heterocycles. The molecule has 5 nitrogen and oxygen atoms in total. The van der Waals surface area contributed by atoms with Crippen LogP contribution in [0.5, 0.6) is 0 Å². The Bertz CT molecular complexity index is 778. The number of carbonyl (C=O) groups is 2. The SMILES string of the molecule is COCc1ccc(C(=O)OCC(=O)N[C@@H](C)c2ccc(Cl)cc2Cl)cc1. The maximum Gasteiger partial charge on any atom is 0.338 e. The van der Waals surface area contributed by atoms with Gasteiger partial charge in [0.2, 0.25) is 0 Å². The number of hydrogen-bond acceptors (Lipinski definition) is 4. The van der Waals surface area contributed by atoms with E-state index in [0.29, 0.717) is 22.2 Å². The normalized spacial score (nSPS) is 11.7. The minimum Gasteiger partial charge on any atom is -0.452 e. The maximum atomic E-state index is 12.0. The van der Waals surface area contributed by atoms with Crippen LogP contribution in [-0.2, 0) is 20.9 Å². The molecule has 1 atom stereocenters. The van der Waals surface area contributed by atoms with Crippen LogP contribution in [0.2, 0.25) is 10.0 Å². The van der Waals surface area contributed by atoms with Crippen LogP contribution in [0.15, 0.2) is 42.5 Å². The van der Waals surface area contributed by atoms with Gasteiger partial charge in [-0.1, -0.05) is 41.4 Å². The van der Waals surface area contributed by atoms with Crippen molar-refractivity contribution in [1.29, 1.82) is 0 Å². The van der Waals surface area contributed by atoms with Gasteiger partial charge in [-0.15, -0.1) is 0 Å². The molecule has 0 spiro atoms. The molecule has 0 saturated heterocycles. The number of ether oxygens (including phenoxy) is 2. The largest absolute Gasteiger partial charge is 0.452 e. The monoisotopic (exact) mass is 395 g/mol. The van der Waals surface area contributed by atoms with Crippen LogP contribution in [0.4, 0.5) is 0 Å². The van der Waals surface area contributed by atoms with Crippen molar-refractivity contribution < 1.29 is 19.1 Å². The Balaban J connectivity index is 1.86. The van der Waals surface area contributed by atoms with Crippen LogP contribution < -0.4 is 5.32 Å². The van der Waals surface area contributed by atoms with E-state index in [4.69, 9.17) is 32.7 Å². The first-order valence-corrected chi connectivity index (χ1v) is 8.65. The number of nitrogens with one attached hydrogen (secondary N) is 1. The summed E-state index contributed by atoms with van der Waals surface area (Å²) in [5.41, 5.74) is 2.03. The van der Waals surface area contributed by atoms with E-state index >= 15 is 0 Å². The van der Waals surface area contributed by atoms with Crippen molar-refractivity contribution in [2.75, 3.05) is 13.7 Å². The minimum atomic E-state index is -0.568. The lowest BCUT2D eigenvalue weighted by molar-refractivity contribution is -0.124. The van der Waals surface area contributed by atoms with Crippen molar-refractivity contribution in [3.8, 4) is 0 Å². The van der Waals surface area contributed by atoms with Crippen LogP contribution in [0.1, 0.15) is 34.5 Å². The molecule has 0 fully saturated rings. The highest BCUT2D eigenvalue weighted by Gasteiger charge is 2.15. The summed E-state index contributed by atoms with van der Waals surface area (Å²) in [4.78, 5) is 24.0. The standard InChI is InChI=1S/C19H19Cl2NO4/c1-12(16-8-7-15(20)9-17(16)21)22-18(23)11-26-19(24)14-5-3-13(4-6-14)10-25-2/h3-9,12H,10-11H2,1-2H3,(H,22,23)/t12-/m0/s1. The molecule has 0 heterocycles. The van der Waals surface area contributed by atoms with Gasteiger partial charge in [-0.2, -0.15) is 0 Å². The van der Waals surface area contributed by atoms with E-state index in [1.807, 2.05) is 0 Å². The summed E-state index contributed by atoms with van der Waals surface area (Å²) in [5.74, 6) is -0.992. The molecule has 138 valence electrons. The Morgan fingerprint density at radius 3 is 2.42 bits per heavy atom. The van der Waals surface area contributed by atoms with Crippen molar-refractivity contribution >= 4 is 35.1 Å². The van der Waals surface area contributed by atoms with Crippen LogP contribution in [0, 0.1) is 0 Å². The third-order valence-corrected chi connectivity index (χ3v) is 4.20. The van der Waals surface area contributed by atoms with E-state index in [1.54, 1.807) is 56.5 Å². The van der Waals surface area contributed by atoms with Gasteiger partial charge in [-0.05, 0) is 42.3 Å². The van der Waals surface area contributed by atoms with E-state index in [1.165, 1.54) is 0 Å². The first-order chi connectivity index (χ1) is 12.4. The van der Waals surface area contributed by atoms with Crippen LogP contribution in [-0.4, -0.2) is 25.6 Å². The molecule has 26 heavy (non-hydrogen) atoms. The highest BCUT2D eigenvalue weighted by molar-refractivity contribution is 6.35. The van der Waals surface area contributed by atoms with Crippen molar-refractivity contribution in [3.05, 3.63) is 69.2 Å². The number of hydrogen-bond donors (Lipinski definition) is 1. The van der Waals surface area contributed by atoms with E-state index < -0.39 is 11.9 Å². The zero-order valence-electron chi connectivity index (χ0n) is 14.4. The lowest BCUT2D eigenvalue weighted by Gasteiger charge is -2.16. The maximum absolute atomic E-state index is 12.0. The Hall–Kier alpha value is -2.08. The molecule has 0 bridgehead atoms. The average Bonchev–Trinajstić information content (AvgIpc) is 2.60. The second-order valence-corrected chi connectivity index (χ2v) is 6.50. The number of amides is 1. The fourth-order valence-electron chi connectivity index (χ4n) is 2.33. The number of esters is 1. The fraction of sp³-hybridized carbons (Fsp3) is 0.263. The van der Waals surface area contributed by atoms with Crippen molar-refractivity contribution in [3.63, 3.8) is 0 Å². The quantitative estimate of drug-likeness (QED) is 0.714. The second-order valence-electron chi connectivity index (χ2n) is 5.66. The first-order valence-electron chi connectivity index (χ1n) is 7.90. The van der Waals surface area contributed by atoms with Gasteiger partial charge >= 0.3 is 5.97 Å². The number of halogens is 2. The molecular weight excluding hydrogens is 377 g/mol. The third-order valence-electron chi connectivity index (χ3n) is 3.64. The predicted octanol–water partition coefficient (Wildman–Crippen LogP) is 4.17. The number of benzene rings is 2. The van der Waals surface area contributed by atoms with Gasteiger partial charge in [0, 0.05) is 17.2 Å². The van der Waals surface area contributed by atoms with Gasteiger partial charge < -0.3 is 14.8 Å². The highest BCUT2D eigenvalue weighted by Crippen LogP contribution is 2.26. The van der Waals surface area contributed by atoms with Gasteiger partial charge in [0.1, 0.15) is 0 Å². The van der Waals surface area contributed by atoms with Gasteiger partial charge in [-0.3, -0.25) is 4.79 Å². The van der Waals surface area contributed by atoms with E-state index in [0.717, 1.165) is 11.1 Å². The minimum absolute atomic E-state index is 0.348. The van der Waals surface area contributed by atoms with Gasteiger partial charge in [0.15, 0.2) is 6.61 Å². The fourth-order valence-corrected chi connectivity index (χ4v) is 2.90. The zero-order valence-corrected chi connectivity index (χ0v) is 15.9. The summed E-state index contributed by atoms with van der Waals surface area (Å²) < 4.78 is 10.0. The summed E-state index contributed by atoms with van der Waals surface area (Å²) in [7, 11) is 1.60. The topological polar surface area (TPSA) is 64.6 Å². The summed E-state index contributed by atoms with van der Waals surface area (Å²) >= 11 is 12.0. The molecule has 7 heteroatoms. The molecule has 1 amide bonds. The average molecular weight is 396 g/mol. The van der Waals surface area contributed by atoms with Crippen LogP contribution in [0.3, 0.4) is 0 Å². The number of methoxy groups -OCH3 is 1. The molecule has 0 aliphatic heterocycles. The van der Waals surface area contributed by atoms with E-state index in [-0.39, 0.29) is 12.6 Å². The molecule has 1 N–H and O–H groups in total. The third kappa shape index (κ3) is 5.73. The summed E-state index contributed by atoms with van der Waals surface area (Å²) in [6.45, 7) is 1.86. The van der Waals surface area contributed by atoms with E-state index in [9.17, 15) is 9.59 Å². The Kier molecular flexibility index (Phi) is 7.45. The molecule has 0 saturated carbocycles. The smallest absolute Gasteiger partial charge is 0.338 e. The molecule has 0 aliphatic rings. The zero-order chi connectivity index (χ0) is 19.1. The van der Waals surface area contributed by atoms with Gasteiger partial charge in [0.05, 0.1) is 18.2 Å². The molecule has 0 radical (unpaired) electrons. The molecule has 2 aromatic carbocycles. The molecule has 0 unspecified atom stereocenters. The Labute approximate surface area is 162 Å². The van der Waals surface area contributed by atoms with Crippen molar-refractivity contribution in [2.24, 2.45) is 0 Å². The van der Waals surface area contributed by atoms with Gasteiger partial charge in [-0.25, -0.2) is 4.79 Å². The second kappa shape index (κ2) is 9.57. The molecule has 0 aliphatic carbocycles. The molecular formula is C19H19Cl2NO4. The summed E-state index contributed by atoms with van der Waals surface area (Å²) in [6, 6.07) is 11.5.